The molecule has 1 aromatic heterocycles. The minimum Gasteiger partial charge on any atom is -0.478 e. The Morgan fingerprint density at radius 2 is 1.88 bits per heavy atom. The van der Waals surface area contributed by atoms with Gasteiger partial charge < -0.3 is 5.11 Å². The first-order chi connectivity index (χ1) is 8.16. The highest BCUT2D eigenvalue weighted by atomic mass is 35.5. The lowest BCUT2D eigenvalue weighted by atomic mass is 10.2. The molecule has 0 atom stereocenters. The molecule has 0 aliphatic rings. The highest BCUT2D eigenvalue weighted by molar-refractivity contribution is 7.99. The number of rotatable bonds is 3. The van der Waals surface area contributed by atoms with E-state index in [9.17, 15) is 4.79 Å². The fourth-order valence-corrected chi connectivity index (χ4v) is 2.10. The molecule has 1 aromatic carbocycles. The van der Waals surface area contributed by atoms with Gasteiger partial charge in [-0.2, -0.15) is 0 Å². The van der Waals surface area contributed by atoms with Gasteiger partial charge in [0.2, 0.25) is 0 Å². The number of halogens is 1. The van der Waals surface area contributed by atoms with Crippen LogP contribution >= 0.6 is 23.4 Å². The summed E-state index contributed by atoms with van der Waals surface area (Å²) in [5.74, 6) is -0.970. The summed E-state index contributed by atoms with van der Waals surface area (Å²) in [7, 11) is 0. The predicted molar refractivity (Wildman–Crippen MR) is 64.6 cm³/mol. The van der Waals surface area contributed by atoms with Gasteiger partial charge in [0.05, 0.1) is 23.0 Å². The Hall–Kier alpha value is -1.59. The van der Waals surface area contributed by atoms with E-state index in [4.69, 9.17) is 16.7 Å². The number of benzene rings is 1. The quantitative estimate of drug-likeness (QED) is 0.866. The van der Waals surface area contributed by atoms with Gasteiger partial charge in [-0.25, -0.2) is 14.8 Å². The molecule has 0 unspecified atom stereocenters. The van der Waals surface area contributed by atoms with E-state index in [0.29, 0.717) is 15.1 Å². The molecule has 0 aliphatic heterocycles. The van der Waals surface area contributed by atoms with Crippen molar-refractivity contribution in [1.82, 2.24) is 9.97 Å². The summed E-state index contributed by atoms with van der Waals surface area (Å²) in [6.07, 6.45) is 2.94. The molecular formula is C11H7ClN2O2S. The van der Waals surface area contributed by atoms with E-state index in [1.54, 1.807) is 24.3 Å². The number of carboxylic acid groups (broad SMARTS) is 1. The summed E-state index contributed by atoms with van der Waals surface area (Å²) in [4.78, 5) is 19.6. The summed E-state index contributed by atoms with van der Waals surface area (Å²) in [5.41, 5.74) is 0.232. The molecule has 86 valence electrons. The van der Waals surface area contributed by atoms with E-state index in [2.05, 4.69) is 9.97 Å². The average Bonchev–Trinajstić information content (AvgIpc) is 2.32. The van der Waals surface area contributed by atoms with Gasteiger partial charge in [-0.15, -0.1) is 0 Å². The Balaban J connectivity index is 2.30. The molecule has 0 fully saturated rings. The van der Waals surface area contributed by atoms with Crippen molar-refractivity contribution in [2.45, 2.75) is 10.1 Å². The first kappa shape index (κ1) is 11.9. The molecule has 0 saturated heterocycles. The molecule has 2 aromatic rings. The third kappa shape index (κ3) is 2.95. The topological polar surface area (TPSA) is 63.1 Å². The number of carbonyl (C=O) groups is 1. The maximum Gasteiger partial charge on any atom is 0.336 e. The highest BCUT2D eigenvalue weighted by Crippen LogP contribution is 2.27. The van der Waals surface area contributed by atoms with Crippen LogP contribution in [-0.4, -0.2) is 21.0 Å². The first-order valence-electron chi connectivity index (χ1n) is 4.64. The van der Waals surface area contributed by atoms with Crippen molar-refractivity contribution in [1.29, 1.82) is 0 Å². The largest absolute Gasteiger partial charge is 0.478 e. The van der Waals surface area contributed by atoms with Crippen molar-refractivity contribution in [2.75, 3.05) is 0 Å². The van der Waals surface area contributed by atoms with Crippen LogP contribution in [0.4, 0.5) is 0 Å². The van der Waals surface area contributed by atoms with E-state index >= 15 is 0 Å². The fourth-order valence-electron chi connectivity index (χ4n) is 1.18. The van der Waals surface area contributed by atoms with Gasteiger partial charge in [0.1, 0.15) is 0 Å². The Labute approximate surface area is 107 Å². The van der Waals surface area contributed by atoms with E-state index in [-0.39, 0.29) is 5.56 Å². The van der Waals surface area contributed by atoms with Crippen molar-refractivity contribution in [3.8, 4) is 0 Å². The average molecular weight is 267 g/mol. The van der Waals surface area contributed by atoms with Crippen LogP contribution in [0.25, 0.3) is 0 Å². The van der Waals surface area contributed by atoms with Crippen molar-refractivity contribution in [2.24, 2.45) is 0 Å². The van der Waals surface area contributed by atoms with Crippen LogP contribution in [-0.2, 0) is 0 Å². The lowest BCUT2D eigenvalue weighted by Crippen LogP contribution is -1.98. The van der Waals surface area contributed by atoms with Crippen LogP contribution in [0.2, 0.25) is 5.02 Å². The van der Waals surface area contributed by atoms with Crippen LogP contribution in [0, 0.1) is 0 Å². The van der Waals surface area contributed by atoms with Gasteiger partial charge >= 0.3 is 5.97 Å². The number of aromatic carboxylic acids is 1. The number of carboxylic acids is 1. The Kier molecular flexibility index (Phi) is 3.61. The number of hydrogen-bond acceptors (Lipinski definition) is 4. The summed E-state index contributed by atoms with van der Waals surface area (Å²) in [6.45, 7) is 0. The summed E-state index contributed by atoms with van der Waals surface area (Å²) in [6, 6.07) is 6.70. The predicted octanol–water partition coefficient (Wildman–Crippen LogP) is 2.98. The lowest BCUT2D eigenvalue weighted by Gasteiger charge is -2.03. The summed E-state index contributed by atoms with van der Waals surface area (Å²) < 4.78 is 0. The zero-order valence-corrected chi connectivity index (χ0v) is 10.1. The molecule has 6 heteroatoms. The molecular weight excluding hydrogens is 260 g/mol. The van der Waals surface area contributed by atoms with E-state index < -0.39 is 5.97 Å². The SMILES string of the molecule is O=C(O)c1ccccc1Sc1ncc(Cl)cn1. The minimum atomic E-state index is -0.970. The standard InChI is InChI=1S/C11H7ClN2O2S/c12-7-5-13-11(14-6-7)17-9-4-2-1-3-8(9)10(15)16/h1-6H,(H,15,16). The third-order valence-electron chi connectivity index (χ3n) is 1.92. The molecule has 0 radical (unpaired) electrons. The van der Waals surface area contributed by atoms with Crippen LogP contribution in [0.15, 0.2) is 46.7 Å². The Bertz CT molecular complexity index is 545. The number of nitrogens with zero attached hydrogens (tertiary/aromatic N) is 2. The van der Waals surface area contributed by atoms with E-state index in [1.807, 2.05) is 0 Å². The summed E-state index contributed by atoms with van der Waals surface area (Å²) >= 11 is 6.86. The first-order valence-corrected chi connectivity index (χ1v) is 5.84. The highest BCUT2D eigenvalue weighted by Gasteiger charge is 2.11. The minimum absolute atomic E-state index is 0.232. The smallest absolute Gasteiger partial charge is 0.336 e. The van der Waals surface area contributed by atoms with Crippen LogP contribution < -0.4 is 0 Å². The van der Waals surface area contributed by atoms with Gasteiger partial charge in [-0.05, 0) is 23.9 Å². The lowest BCUT2D eigenvalue weighted by molar-refractivity contribution is 0.0693. The molecule has 1 heterocycles. The number of hydrogen-bond donors (Lipinski definition) is 1. The van der Waals surface area contributed by atoms with Gasteiger partial charge in [-0.1, -0.05) is 23.7 Å². The molecule has 17 heavy (non-hydrogen) atoms. The monoisotopic (exact) mass is 266 g/mol. The zero-order valence-electron chi connectivity index (χ0n) is 8.50. The molecule has 0 aliphatic carbocycles. The van der Waals surface area contributed by atoms with Gasteiger partial charge in [-0.3, -0.25) is 0 Å². The molecule has 0 bridgehead atoms. The van der Waals surface area contributed by atoms with Crippen molar-refractivity contribution < 1.29 is 9.90 Å². The van der Waals surface area contributed by atoms with Crippen molar-refractivity contribution in [3.63, 3.8) is 0 Å². The van der Waals surface area contributed by atoms with Gasteiger partial charge in [0, 0.05) is 4.90 Å². The molecule has 0 spiro atoms. The maximum absolute atomic E-state index is 11.0. The van der Waals surface area contributed by atoms with Crippen molar-refractivity contribution >= 4 is 29.3 Å². The van der Waals surface area contributed by atoms with Crippen LogP contribution in [0.3, 0.4) is 0 Å². The Morgan fingerprint density at radius 1 is 1.24 bits per heavy atom. The van der Waals surface area contributed by atoms with Gasteiger partial charge in [0.25, 0.3) is 0 Å². The summed E-state index contributed by atoms with van der Waals surface area (Å²) in [5, 5.41) is 9.92. The number of aromatic nitrogens is 2. The van der Waals surface area contributed by atoms with Gasteiger partial charge in [0.15, 0.2) is 5.16 Å². The third-order valence-corrected chi connectivity index (χ3v) is 3.08. The second-order valence-electron chi connectivity index (χ2n) is 3.09. The zero-order chi connectivity index (χ0) is 12.3. The van der Waals surface area contributed by atoms with E-state index in [0.717, 1.165) is 0 Å². The fraction of sp³-hybridized carbons (Fsp3) is 0. The second kappa shape index (κ2) is 5.16. The van der Waals surface area contributed by atoms with E-state index in [1.165, 1.54) is 24.2 Å². The molecule has 4 nitrogen and oxygen atoms in total. The Morgan fingerprint density at radius 3 is 2.53 bits per heavy atom. The molecule has 0 amide bonds. The normalized spacial score (nSPS) is 10.2. The van der Waals surface area contributed by atoms with Crippen LogP contribution in [0.5, 0.6) is 0 Å². The maximum atomic E-state index is 11.0. The molecule has 1 N–H and O–H groups in total. The molecule has 0 saturated carbocycles. The second-order valence-corrected chi connectivity index (χ2v) is 4.53. The van der Waals surface area contributed by atoms with Crippen LogP contribution in [0.1, 0.15) is 10.4 Å². The molecule has 2 rings (SSSR count). The van der Waals surface area contributed by atoms with Crippen molar-refractivity contribution in [3.05, 3.63) is 47.2 Å².